The zero-order valence-corrected chi connectivity index (χ0v) is 15.3. The van der Waals surface area contributed by atoms with Crippen LogP contribution in [0.15, 0.2) is 39.9 Å². The average molecular weight is 367 g/mol. The Balaban J connectivity index is 1.89. The zero-order chi connectivity index (χ0) is 17.3. The summed E-state index contributed by atoms with van der Waals surface area (Å²) < 4.78 is 32.6. The van der Waals surface area contributed by atoms with Gasteiger partial charge in [0, 0.05) is 31.5 Å². The Bertz CT molecular complexity index is 802. The predicted octanol–water partition coefficient (Wildman–Crippen LogP) is 2.46. The Hall–Kier alpha value is -1.41. The van der Waals surface area contributed by atoms with Crippen LogP contribution in [0.4, 0.5) is 0 Å². The van der Waals surface area contributed by atoms with Gasteiger partial charge in [0.05, 0.1) is 12.0 Å². The van der Waals surface area contributed by atoms with Crippen LogP contribution in [0.2, 0.25) is 0 Å². The summed E-state index contributed by atoms with van der Waals surface area (Å²) in [6.45, 7) is 2.54. The van der Waals surface area contributed by atoms with Gasteiger partial charge in [-0.25, -0.2) is 8.42 Å². The van der Waals surface area contributed by atoms with E-state index in [9.17, 15) is 13.5 Å². The van der Waals surface area contributed by atoms with Gasteiger partial charge in [-0.15, -0.1) is 0 Å². The first-order chi connectivity index (χ1) is 11.5. The molecule has 5 nitrogen and oxygen atoms in total. The molecule has 1 aromatic heterocycles. The summed E-state index contributed by atoms with van der Waals surface area (Å²) in [5.74, 6) is 0.629. The van der Waals surface area contributed by atoms with Crippen LogP contribution in [-0.4, -0.2) is 44.6 Å². The summed E-state index contributed by atoms with van der Waals surface area (Å²) in [4.78, 5) is 0.267. The van der Waals surface area contributed by atoms with Crippen LogP contribution in [0.25, 0.3) is 0 Å². The SMILES string of the molecule is COc1ccc(S(=O)(=O)N2C[C@@H](CO)[C@@H](c3ccsc3)C2)cc1C. The number of aliphatic hydroxyl groups excluding tert-OH is 1. The van der Waals surface area contributed by atoms with E-state index in [1.54, 1.807) is 36.6 Å². The molecule has 24 heavy (non-hydrogen) atoms. The number of aliphatic hydroxyl groups is 1. The van der Waals surface area contributed by atoms with Gasteiger partial charge in [-0.3, -0.25) is 0 Å². The smallest absolute Gasteiger partial charge is 0.243 e. The first kappa shape index (κ1) is 17.4. The molecule has 2 heterocycles. The molecule has 0 unspecified atom stereocenters. The fourth-order valence-electron chi connectivity index (χ4n) is 3.24. The summed E-state index contributed by atoms with van der Waals surface area (Å²) in [7, 11) is -2.02. The number of nitrogens with zero attached hydrogens (tertiary/aromatic N) is 1. The molecule has 1 aliphatic heterocycles. The van der Waals surface area contributed by atoms with Crippen molar-refractivity contribution >= 4 is 21.4 Å². The van der Waals surface area contributed by atoms with E-state index in [0.29, 0.717) is 18.8 Å². The fourth-order valence-corrected chi connectivity index (χ4v) is 5.57. The highest BCUT2D eigenvalue weighted by Gasteiger charge is 2.39. The van der Waals surface area contributed by atoms with Gasteiger partial charge in [-0.1, -0.05) is 0 Å². The number of hydrogen-bond acceptors (Lipinski definition) is 5. The van der Waals surface area contributed by atoms with Crippen molar-refractivity contribution in [3.63, 3.8) is 0 Å². The van der Waals surface area contributed by atoms with Gasteiger partial charge in [0.25, 0.3) is 0 Å². The summed E-state index contributed by atoms with van der Waals surface area (Å²) in [6.07, 6.45) is 0. The quantitative estimate of drug-likeness (QED) is 0.882. The molecule has 0 aliphatic carbocycles. The Labute approximate surface area is 146 Å². The number of aryl methyl sites for hydroxylation is 1. The summed E-state index contributed by atoms with van der Waals surface area (Å²) in [5.41, 5.74) is 1.88. The lowest BCUT2D eigenvalue weighted by atomic mass is 9.92. The Kier molecular flexibility index (Phi) is 4.96. The second kappa shape index (κ2) is 6.84. The third-order valence-corrected chi connectivity index (χ3v) is 7.15. The maximum Gasteiger partial charge on any atom is 0.243 e. The molecule has 130 valence electrons. The number of benzene rings is 1. The fraction of sp³-hybridized carbons (Fsp3) is 0.412. The van der Waals surface area contributed by atoms with Gasteiger partial charge in [-0.05, 0) is 53.1 Å². The molecular formula is C17H21NO4S2. The molecular weight excluding hydrogens is 346 g/mol. The van der Waals surface area contributed by atoms with E-state index < -0.39 is 10.0 Å². The maximum absolute atomic E-state index is 13.0. The van der Waals surface area contributed by atoms with E-state index in [1.807, 2.05) is 23.8 Å². The van der Waals surface area contributed by atoms with Crippen molar-refractivity contribution in [2.45, 2.75) is 17.7 Å². The molecule has 1 aliphatic rings. The topological polar surface area (TPSA) is 66.8 Å². The van der Waals surface area contributed by atoms with E-state index in [2.05, 4.69) is 0 Å². The number of rotatable bonds is 5. The maximum atomic E-state index is 13.0. The van der Waals surface area contributed by atoms with Gasteiger partial charge in [-0.2, -0.15) is 15.6 Å². The summed E-state index contributed by atoms with van der Waals surface area (Å²) in [5, 5.41) is 13.7. The first-order valence-corrected chi connectivity index (χ1v) is 10.1. The lowest BCUT2D eigenvalue weighted by Gasteiger charge is -2.17. The molecule has 1 saturated heterocycles. The van der Waals surface area contributed by atoms with Crippen LogP contribution in [-0.2, 0) is 10.0 Å². The Morgan fingerprint density at radius 3 is 2.71 bits per heavy atom. The third-order valence-electron chi connectivity index (χ3n) is 4.62. The van der Waals surface area contributed by atoms with Crippen LogP contribution in [0.5, 0.6) is 5.75 Å². The van der Waals surface area contributed by atoms with Crippen LogP contribution in [0.1, 0.15) is 17.0 Å². The normalized spacial score (nSPS) is 22.0. The zero-order valence-electron chi connectivity index (χ0n) is 13.7. The van der Waals surface area contributed by atoms with Crippen LogP contribution in [0, 0.1) is 12.8 Å². The van der Waals surface area contributed by atoms with Crippen LogP contribution in [0.3, 0.4) is 0 Å². The molecule has 0 spiro atoms. The highest BCUT2D eigenvalue weighted by Crippen LogP contribution is 2.36. The van der Waals surface area contributed by atoms with Gasteiger partial charge in [0.2, 0.25) is 10.0 Å². The molecule has 3 rings (SSSR count). The van der Waals surface area contributed by atoms with Crippen molar-refractivity contribution in [3.05, 3.63) is 46.2 Å². The molecule has 2 atom stereocenters. The minimum Gasteiger partial charge on any atom is -0.496 e. The van der Waals surface area contributed by atoms with Gasteiger partial charge < -0.3 is 9.84 Å². The number of sulfonamides is 1. The van der Waals surface area contributed by atoms with Crippen molar-refractivity contribution in [2.24, 2.45) is 5.92 Å². The van der Waals surface area contributed by atoms with Crippen molar-refractivity contribution in [1.82, 2.24) is 4.31 Å². The molecule has 1 N–H and O–H groups in total. The van der Waals surface area contributed by atoms with Crippen LogP contribution >= 0.6 is 11.3 Å². The highest BCUT2D eigenvalue weighted by atomic mass is 32.2. The summed E-state index contributed by atoms with van der Waals surface area (Å²) >= 11 is 1.59. The van der Waals surface area contributed by atoms with Gasteiger partial charge in [0.15, 0.2) is 0 Å². The molecule has 1 fully saturated rings. The minimum absolute atomic E-state index is 0.0197. The lowest BCUT2D eigenvalue weighted by Crippen LogP contribution is -2.29. The van der Waals surface area contributed by atoms with Crippen molar-refractivity contribution < 1.29 is 18.3 Å². The third kappa shape index (κ3) is 3.09. The van der Waals surface area contributed by atoms with Gasteiger partial charge in [0.1, 0.15) is 5.75 Å². The minimum atomic E-state index is -3.58. The van der Waals surface area contributed by atoms with Crippen molar-refractivity contribution in [1.29, 1.82) is 0 Å². The molecule has 2 aromatic rings. The molecule has 0 radical (unpaired) electrons. The Morgan fingerprint density at radius 2 is 2.12 bits per heavy atom. The first-order valence-electron chi connectivity index (χ1n) is 7.75. The molecule has 0 amide bonds. The molecule has 0 saturated carbocycles. The lowest BCUT2D eigenvalue weighted by molar-refractivity contribution is 0.223. The molecule has 7 heteroatoms. The molecule has 1 aromatic carbocycles. The monoisotopic (exact) mass is 367 g/mol. The number of ether oxygens (including phenoxy) is 1. The van der Waals surface area contributed by atoms with E-state index in [0.717, 1.165) is 11.1 Å². The van der Waals surface area contributed by atoms with E-state index in [4.69, 9.17) is 4.74 Å². The van der Waals surface area contributed by atoms with Crippen LogP contribution < -0.4 is 4.74 Å². The standard InChI is InChI=1S/C17H21NO4S2/c1-12-7-15(3-4-17(12)22-2)24(20,21)18-8-14(10-19)16(9-18)13-5-6-23-11-13/h3-7,11,14,16,19H,8-10H2,1-2H3/t14-,16+/m0/s1. The average Bonchev–Trinajstić information content (AvgIpc) is 3.23. The van der Waals surface area contributed by atoms with E-state index >= 15 is 0 Å². The van der Waals surface area contributed by atoms with Crippen molar-refractivity contribution in [2.75, 3.05) is 26.8 Å². The van der Waals surface area contributed by atoms with E-state index in [-0.39, 0.29) is 23.3 Å². The number of methoxy groups -OCH3 is 1. The van der Waals surface area contributed by atoms with Crippen molar-refractivity contribution in [3.8, 4) is 5.75 Å². The van der Waals surface area contributed by atoms with Gasteiger partial charge >= 0.3 is 0 Å². The van der Waals surface area contributed by atoms with E-state index in [1.165, 1.54) is 4.31 Å². The number of thiophene rings is 1. The predicted molar refractivity (Wildman–Crippen MR) is 94.1 cm³/mol. The second-order valence-electron chi connectivity index (χ2n) is 6.06. The largest absolute Gasteiger partial charge is 0.496 e. The number of hydrogen-bond donors (Lipinski definition) is 1. The highest BCUT2D eigenvalue weighted by molar-refractivity contribution is 7.89. The second-order valence-corrected chi connectivity index (χ2v) is 8.78. The Morgan fingerprint density at radius 1 is 1.33 bits per heavy atom. The molecule has 0 bridgehead atoms. The summed E-state index contributed by atoms with van der Waals surface area (Å²) in [6, 6.07) is 6.90.